The van der Waals surface area contributed by atoms with E-state index in [0.717, 1.165) is 0 Å². The Bertz CT molecular complexity index is 398. The maximum absolute atomic E-state index is 13.0. The van der Waals surface area contributed by atoms with Gasteiger partial charge in [0, 0.05) is 25.3 Å². The number of hydrogen-bond donors (Lipinski definition) is 1. The lowest BCUT2D eigenvalue weighted by Crippen LogP contribution is -2.32. The molecule has 17 heavy (non-hydrogen) atoms. The fraction of sp³-hybridized carbons (Fsp3) is 0.417. The monoisotopic (exact) mass is 259 g/mol. The van der Waals surface area contributed by atoms with Gasteiger partial charge in [0.1, 0.15) is 5.82 Å². The Kier molecular flexibility index (Phi) is 5.38. The molecule has 0 spiro atoms. The summed E-state index contributed by atoms with van der Waals surface area (Å²) < 4.78 is 13.0. The molecule has 0 aliphatic rings. The zero-order valence-corrected chi connectivity index (χ0v) is 10.4. The number of benzene rings is 1. The van der Waals surface area contributed by atoms with E-state index in [0.29, 0.717) is 25.1 Å². The van der Waals surface area contributed by atoms with Crippen LogP contribution in [0, 0.1) is 5.82 Å². The lowest BCUT2D eigenvalue weighted by molar-refractivity contribution is 0.0754. The molecule has 0 unspecified atom stereocenters. The molecule has 94 valence electrons. The van der Waals surface area contributed by atoms with E-state index in [9.17, 15) is 9.18 Å². The molecule has 0 saturated carbocycles. The minimum atomic E-state index is -0.540. The maximum Gasteiger partial charge on any atom is 0.253 e. The Morgan fingerprint density at radius 2 is 2.24 bits per heavy atom. The van der Waals surface area contributed by atoms with Gasteiger partial charge >= 0.3 is 0 Å². The van der Waals surface area contributed by atoms with Crippen molar-refractivity contribution in [3.05, 3.63) is 34.6 Å². The molecule has 1 amide bonds. The molecule has 0 radical (unpaired) electrons. The van der Waals surface area contributed by atoms with Gasteiger partial charge in [0.25, 0.3) is 5.91 Å². The molecular weight excluding hydrogens is 245 g/mol. The number of amides is 1. The van der Waals surface area contributed by atoms with Gasteiger partial charge < -0.3 is 10.0 Å². The van der Waals surface area contributed by atoms with E-state index < -0.39 is 5.82 Å². The fourth-order valence-corrected chi connectivity index (χ4v) is 1.66. The quantitative estimate of drug-likeness (QED) is 0.882. The molecule has 5 heteroatoms. The summed E-state index contributed by atoms with van der Waals surface area (Å²) in [5.74, 6) is -0.746. The molecule has 1 rings (SSSR count). The number of nitrogens with zero attached hydrogens (tertiary/aromatic N) is 1. The second-order valence-corrected chi connectivity index (χ2v) is 4.00. The number of aliphatic hydroxyl groups excluding tert-OH is 1. The Hall–Kier alpha value is -1.13. The van der Waals surface area contributed by atoms with Gasteiger partial charge in [0.15, 0.2) is 0 Å². The van der Waals surface area contributed by atoms with Crippen molar-refractivity contribution >= 4 is 17.5 Å². The van der Waals surface area contributed by atoms with Crippen molar-refractivity contribution in [2.24, 2.45) is 0 Å². The van der Waals surface area contributed by atoms with Crippen LogP contribution < -0.4 is 0 Å². The molecule has 1 aromatic carbocycles. The lowest BCUT2D eigenvalue weighted by atomic mass is 10.2. The highest BCUT2D eigenvalue weighted by molar-refractivity contribution is 6.31. The number of carbonyl (C=O) groups excluding carboxylic acids is 1. The maximum atomic E-state index is 13.0. The number of rotatable bonds is 5. The predicted octanol–water partition coefficient (Wildman–Crippen LogP) is 2.32. The number of aliphatic hydroxyl groups is 1. The van der Waals surface area contributed by atoms with Crippen LogP contribution in [-0.2, 0) is 0 Å². The van der Waals surface area contributed by atoms with Crippen molar-refractivity contribution < 1.29 is 14.3 Å². The molecule has 0 saturated heterocycles. The van der Waals surface area contributed by atoms with Crippen molar-refractivity contribution in [3.8, 4) is 0 Å². The van der Waals surface area contributed by atoms with Crippen molar-refractivity contribution in [2.45, 2.75) is 13.3 Å². The number of halogens is 2. The van der Waals surface area contributed by atoms with Gasteiger partial charge in [0.2, 0.25) is 0 Å². The molecule has 0 aliphatic carbocycles. The smallest absolute Gasteiger partial charge is 0.253 e. The highest BCUT2D eigenvalue weighted by atomic mass is 35.5. The van der Waals surface area contributed by atoms with Crippen LogP contribution >= 0.6 is 11.6 Å². The third-order valence-electron chi connectivity index (χ3n) is 2.42. The summed E-state index contributed by atoms with van der Waals surface area (Å²) in [5, 5.41) is 8.67. The largest absolute Gasteiger partial charge is 0.396 e. The van der Waals surface area contributed by atoms with E-state index in [4.69, 9.17) is 16.7 Å². The molecule has 0 heterocycles. The van der Waals surface area contributed by atoms with E-state index in [2.05, 4.69) is 0 Å². The second kappa shape index (κ2) is 6.57. The van der Waals surface area contributed by atoms with Gasteiger partial charge in [-0.3, -0.25) is 4.79 Å². The SMILES string of the molecule is CCN(CCCO)C(=O)c1ccc(F)c(Cl)c1. The molecule has 1 N–H and O–H groups in total. The first-order valence-corrected chi connectivity index (χ1v) is 5.83. The van der Waals surface area contributed by atoms with Crippen LogP contribution in [-0.4, -0.2) is 35.6 Å². The van der Waals surface area contributed by atoms with Gasteiger partial charge in [-0.2, -0.15) is 0 Å². The first-order valence-electron chi connectivity index (χ1n) is 5.45. The third-order valence-corrected chi connectivity index (χ3v) is 2.71. The first kappa shape index (κ1) is 13.9. The van der Waals surface area contributed by atoms with E-state index >= 15 is 0 Å². The minimum absolute atomic E-state index is 0.0357. The van der Waals surface area contributed by atoms with Crippen molar-refractivity contribution in [1.82, 2.24) is 4.90 Å². The van der Waals surface area contributed by atoms with Gasteiger partial charge in [-0.15, -0.1) is 0 Å². The number of carbonyl (C=O) groups is 1. The van der Waals surface area contributed by atoms with Gasteiger partial charge in [-0.1, -0.05) is 11.6 Å². The van der Waals surface area contributed by atoms with Crippen LogP contribution in [0.15, 0.2) is 18.2 Å². The molecular formula is C12H15ClFNO2. The van der Waals surface area contributed by atoms with Gasteiger partial charge in [-0.05, 0) is 31.5 Å². The average molecular weight is 260 g/mol. The highest BCUT2D eigenvalue weighted by Crippen LogP contribution is 2.17. The predicted molar refractivity (Wildman–Crippen MR) is 64.7 cm³/mol. The Morgan fingerprint density at radius 1 is 1.53 bits per heavy atom. The second-order valence-electron chi connectivity index (χ2n) is 3.59. The first-order chi connectivity index (χ1) is 8.10. The van der Waals surface area contributed by atoms with Crippen LogP contribution in [0.25, 0.3) is 0 Å². The summed E-state index contributed by atoms with van der Waals surface area (Å²) in [6, 6.07) is 3.90. The molecule has 0 bridgehead atoms. The summed E-state index contributed by atoms with van der Waals surface area (Å²) in [6.45, 7) is 2.89. The molecule has 0 aliphatic heterocycles. The van der Waals surface area contributed by atoms with Gasteiger partial charge in [-0.25, -0.2) is 4.39 Å². The van der Waals surface area contributed by atoms with E-state index in [1.165, 1.54) is 18.2 Å². The van der Waals surface area contributed by atoms with Crippen molar-refractivity contribution in [3.63, 3.8) is 0 Å². The fourth-order valence-electron chi connectivity index (χ4n) is 1.48. The molecule has 3 nitrogen and oxygen atoms in total. The normalized spacial score (nSPS) is 10.4. The van der Waals surface area contributed by atoms with Crippen molar-refractivity contribution in [2.75, 3.05) is 19.7 Å². The summed E-state index contributed by atoms with van der Waals surface area (Å²) >= 11 is 5.62. The summed E-state index contributed by atoms with van der Waals surface area (Å²) in [7, 11) is 0. The van der Waals surface area contributed by atoms with Crippen LogP contribution in [0.5, 0.6) is 0 Å². The molecule has 0 aromatic heterocycles. The average Bonchev–Trinajstić information content (AvgIpc) is 2.33. The zero-order valence-electron chi connectivity index (χ0n) is 9.62. The molecule has 1 aromatic rings. The van der Waals surface area contributed by atoms with E-state index in [-0.39, 0.29) is 17.5 Å². The standard InChI is InChI=1S/C12H15ClFNO2/c1-2-15(6-3-7-16)12(17)9-4-5-11(14)10(13)8-9/h4-5,8,16H,2-3,6-7H2,1H3. The number of hydrogen-bond acceptors (Lipinski definition) is 2. The Balaban J connectivity index is 2.82. The minimum Gasteiger partial charge on any atom is -0.396 e. The van der Waals surface area contributed by atoms with Crippen LogP contribution in [0.2, 0.25) is 5.02 Å². The van der Waals surface area contributed by atoms with Gasteiger partial charge in [0.05, 0.1) is 5.02 Å². The van der Waals surface area contributed by atoms with Crippen LogP contribution in [0.1, 0.15) is 23.7 Å². The molecule has 0 fully saturated rings. The molecule has 0 atom stereocenters. The Morgan fingerprint density at radius 3 is 2.76 bits per heavy atom. The Labute approximate surface area is 105 Å². The zero-order chi connectivity index (χ0) is 12.8. The summed E-state index contributed by atoms with van der Waals surface area (Å²) in [6.07, 6.45) is 0.522. The third kappa shape index (κ3) is 3.68. The topological polar surface area (TPSA) is 40.5 Å². The lowest BCUT2D eigenvalue weighted by Gasteiger charge is -2.20. The van der Waals surface area contributed by atoms with E-state index in [1.807, 2.05) is 6.92 Å². The highest BCUT2D eigenvalue weighted by Gasteiger charge is 2.14. The van der Waals surface area contributed by atoms with Crippen LogP contribution in [0.3, 0.4) is 0 Å². The summed E-state index contributed by atoms with van der Waals surface area (Å²) in [4.78, 5) is 13.6. The van der Waals surface area contributed by atoms with Crippen LogP contribution in [0.4, 0.5) is 4.39 Å². The van der Waals surface area contributed by atoms with E-state index in [1.54, 1.807) is 4.90 Å². The van der Waals surface area contributed by atoms with Crippen molar-refractivity contribution in [1.29, 1.82) is 0 Å². The summed E-state index contributed by atoms with van der Waals surface area (Å²) in [5.41, 5.74) is 0.358.